The summed E-state index contributed by atoms with van der Waals surface area (Å²) < 4.78 is 0. The first-order valence-electron chi connectivity index (χ1n) is 4.28. The standard InChI is InChI=1S/C8H15N/c1-2-4-8-6-9-5-7(8)3-1/h7-9H,1-6H2/p+1. The minimum absolute atomic E-state index is 1.11. The molecule has 1 heterocycles. The molecule has 2 aliphatic rings. The average Bonchev–Trinajstić information content (AvgIpc) is 2.33. The smallest absolute Gasteiger partial charge is 0.0788 e. The Hall–Kier alpha value is -0.0400. The lowest BCUT2D eigenvalue weighted by atomic mass is 9.82. The molecule has 0 radical (unpaired) electrons. The van der Waals surface area contributed by atoms with Crippen LogP contribution in [0.4, 0.5) is 0 Å². The SMILES string of the molecule is C1CCC2C[NH2+]CC2C1. The van der Waals surface area contributed by atoms with Crippen LogP contribution < -0.4 is 5.32 Å². The molecule has 0 aromatic carbocycles. The Labute approximate surface area is 56.8 Å². The van der Waals surface area contributed by atoms with Crippen molar-refractivity contribution in [1.82, 2.24) is 0 Å². The summed E-state index contributed by atoms with van der Waals surface area (Å²) in [5, 5.41) is 2.50. The largest absolute Gasteiger partial charge is 0.346 e. The van der Waals surface area contributed by atoms with E-state index in [0.29, 0.717) is 0 Å². The number of hydrogen-bond acceptors (Lipinski definition) is 0. The van der Waals surface area contributed by atoms with Crippen LogP contribution in [0.25, 0.3) is 0 Å². The van der Waals surface area contributed by atoms with Gasteiger partial charge in [-0.2, -0.15) is 0 Å². The maximum Gasteiger partial charge on any atom is 0.0788 e. The van der Waals surface area contributed by atoms with E-state index in [-0.39, 0.29) is 0 Å². The Bertz CT molecular complexity index is 88.7. The topological polar surface area (TPSA) is 16.6 Å². The predicted octanol–water partition coefficient (Wildman–Crippen LogP) is 0.370. The fourth-order valence-corrected chi connectivity index (χ4v) is 2.43. The van der Waals surface area contributed by atoms with Gasteiger partial charge >= 0.3 is 0 Å². The maximum atomic E-state index is 2.50. The van der Waals surface area contributed by atoms with Gasteiger partial charge in [0.2, 0.25) is 0 Å². The predicted molar refractivity (Wildman–Crippen MR) is 37.1 cm³/mol. The van der Waals surface area contributed by atoms with Crippen LogP contribution in [0.15, 0.2) is 0 Å². The number of rotatable bonds is 0. The van der Waals surface area contributed by atoms with Gasteiger partial charge in [-0.05, 0) is 12.8 Å². The van der Waals surface area contributed by atoms with Crippen molar-refractivity contribution in [2.45, 2.75) is 25.7 Å². The lowest BCUT2D eigenvalue weighted by Crippen LogP contribution is -2.81. The molecule has 2 atom stereocenters. The van der Waals surface area contributed by atoms with Crippen LogP contribution in [0.5, 0.6) is 0 Å². The van der Waals surface area contributed by atoms with Crippen molar-refractivity contribution in [2.75, 3.05) is 13.1 Å². The molecule has 0 aromatic rings. The lowest BCUT2D eigenvalue weighted by molar-refractivity contribution is -0.640. The first-order valence-corrected chi connectivity index (χ1v) is 4.28. The van der Waals surface area contributed by atoms with E-state index in [1.165, 1.54) is 38.8 Å². The summed E-state index contributed by atoms with van der Waals surface area (Å²) in [5.74, 6) is 2.22. The van der Waals surface area contributed by atoms with Gasteiger partial charge in [0.1, 0.15) is 0 Å². The third kappa shape index (κ3) is 0.983. The molecule has 2 N–H and O–H groups in total. The summed E-state index contributed by atoms with van der Waals surface area (Å²) in [5.41, 5.74) is 0. The summed E-state index contributed by atoms with van der Waals surface area (Å²) in [6, 6.07) is 0. The van der Waals surface area contributed by atoms with Crippen LogP contribution in [0.1, 0.15) is 25.7 Å². The molecule has 1 saturated heterocycles. The zero-order chi connectivity index (χ0) is 6.10. The molecule has 9 heavy (non-hydrogen) atoms. The molecule has 2 fully saturated rings. The van der Waals surface area contributed by atoms with E-state index >= 15 is 0 Å². The normalized spacial score (nSPS) is 42.7. The summed E-state index contributed by atoms with van der Waals surface area (Å²) in [6.07, 6.45) is 6.08. The highest BCUT2D eigenvalue weighted by Gasteiger charge is 2.31. The Morgan fingerprint density at radius 1 is 0.889 bits per heavy atom. The highest BCUT2D eigenvalue weighted by molar-refractivity contribution is 4.76. The summed E-state index contributed by atoms with van der Waals surface area (Å²) >= 11 is 0. The zero-order valence-corrected chi connectivity index (χ0v) is 5.97. The molecule has 52 valence electrons. The van der Waals surface area contributed by atoms with E-state index in [9.17, 15) is 0 Å². The Kier molecular flexibility index (Phi) is 1.46. The first-order chi connectivity index (χ1) is 4.47. The summed E-state index contributed by atoms with van der Waals surface area (Å²) in [6.45, 7) is 2.87. The number of quaternary nitrogens is 1. The fourth-order valence-electron chi connectivity index (χ4n) is 2.43. The lowest BCUT2D eigenvalue weighted by Gasteiger charge is -2.20. The van der Waals surface area contributed by atoms with Gasteiger partial charge in [0, 0.05) is 11.8 Å². The van der Waals surface area contributed by atoms with Crippen LogP contribution >= 0.6 is 0 Å². The number of fused-ring (bicyclic) bond motifs is 1. The van der Waals surface area contributed by atoms with E-state index < -0.39 is 0 Å². The Balaban J connectivity index is 1.97. The van der Waals surface area contributed by atoms with Gasteiger partial charge in [-0.15, -0.1) is 0 Å². The van der Waals surface area contributed by atoms with Crippen molar-refractivity contribution < 1.29 is 5.32 Å². The number of hydrogen-bond donors (Lipinski definition) is 1. The molecule has 2 rings (SSSR count). The van der Waals surface area contributed by atoms with Crippen molar-refractivity contribution in [3.63, 3.8) is 0 Å². The van der Waals surface area contributed by atoms with Gasteiger partial charge < -0.3 is 5.32 Å². The quantitative estimate of drug-likeness (QED) is 0.483. The summed E-state index contributed by atoms with van der Waals surface area (Å²) in [7, 11) is 0. The van der Waals surface area contributed by atoms with Crippen molar-refractivity contribution >= 4 is 0 Å². The van der Waals surface area contributed by atoms with Gasteiger partial charge in [-0.3, -0.25) is 0 Å². The molecule has 1 nitrogen and oxygen atoms in total. The van der Waals surface area contributed by atoms with Gasteiger partial charge in [0.15, 0.2) is 0 Å². The molecule has 1 saturated carbocycles. The van der Waals surface area contributed by atoms with E-state index in [1.807, 2.05) is 0 Å². The molecule has 1 aliphatic heterocycles. The van der Waals surface area contributed by atoms with Crippen LogP contribution in [-0.4, -0.2) is 13.1 Å². The monoisotopic (exact) mass is 126 g/mol. The number of nitrogens with two attached hydrogens (primary N) is 1. The van der Waals surface area contributed by atoms with Crippen molar-refractivity contribution in [1.29, 1.82) is 0 Å². The molecule has 0 amide bonds. The fraction of sp³-hybridized carbons (Fsp3) is 1.00. The van der Waals surface area contributed by atoms with Crippen LogP contribution in [-0.2, 0) is 0 Å². The van der Waals surface area contributed by atoms with Gasteiger partial charge in [-0.1, -0.05) is 12.8 Å². The van der Waals surface area contributed by atoms with Gasteiger partial charge in [-0.25, -0.2) is 0 Å². The zero-order valence-electron chi connectivity index (χ0n) is 5.97. The van der Waals surface area contributed by atoms with Crippen molar-refractivity contribution in [3.8, 4) is 0 Å². The first kappa shape index (κ1) is 5.72. The van der Waals surface area contributed by atoms with Crippen LogP contribution in [0.2, 0.25) is 0 Å². The minimum atomic E-state index is 1.11. The third-order valence-electron chi connectivity index (χ3n) is 3.01. The molecule has 2 unspecified atom stereocenters. The van der Waals surface area contributed by atoms with Crippen molar-refractivity contribution in [2.24, 2.45) is 11.8 Å². The minimum Gasteiger partial charge on any atom is -0.346 e. The summed E-state index contributed by atoms with van der Waals surface area (Å²) in [4.78, 5) is 0. The van der Waals surface area contributed by atoms with Gasteiger partial charge in [0.25, 0.3) is 0 Å². The third-order valence-corrected chi connectivity index (χ3v) is 3.01. The molecular formula is C8H16N+. The molecule has 1 aliphatic carbocycles. The van der Waals surface area contributed by atoms with Crippen LogP contribution in [0.3, 0.4) is 0 Å². The van der Waals surface area contributed by atoms with Crippen LogP contribution in [0, 0.1) is 11.8 Å². The second-order valence-electron chi connectivity index (χ2n) is 3.56. The molecule has 1 heteroatoms. The second-order valence-corrected chi connectivity index (χ2v) is 3.56. The molecular weight excluding hydrogens is 110 g/mol. The Morgan fingerprint density at radius 2 is 1.44 bits per heavy atom. The highest BCUT2D eigenvalue weighted by Crippen LogP contribution is 2.29. The van der Waals surface area contributed by atoms with Gasteiger partial charge in [0.05, 0.1) is 13.1 Å². The second kappa shape index (κ2) is 2.30. The van der Waals surface area contributed by atoms with E-state index in [1.54, 1.807) is 0 Å². The van der Waals surface area contributed by atoms with E-state index in [2.05, 4.69) is 5.32 Å². The average molecular weight is 126 g/mol. The van der Waals surface area contributed by atoms with E-state index in [0.717, 1.165) is 11.8 Å². The molecule has 0 aromatic heterocycles. The van der Waals surface area contributed by atoms with Crippen molar-refractivity contribution in [3.05, 3.63) is 0 Å². The molecule has 0 bridgehead atoms. The molecule has 0 spiro atoms. The highest BCUT2D eigenvalue weighted by atomic mass is 14.9. The maximum absolute atomic E-state index is 2.50. The Morgan fingerprint density at radius 3 is 2.00 bits per heavy atom. The van der Waals surface area contributed by atoms with E-state index in [4.69, 9.17) is 0 Å².